The molecule has 0 radical (unpaired) electrons. The highest BCUT2D eigenvalue weighted by molar-refractivity contribution is 7.07. The summed E-state index contributed by atoms with van der Waals surface area (Å²) in [5, 5.41) is 4.22. The van der Waals surface area contributed by atoms with Crippen molar-refractivity contribution in [3.8, 4) is 0 Å². The summed E-state index contributed by atoms with van der Waals surface area (Å²) in [4.78, 5) is 4.14. The van der Waals surface area contributed by atoms with E-state index in [2.05, 4.69) is 27.9 Å². The number of aromatic nitrogens is 1. The molecular weight excluding hydrogens is 192 g/mol. The lowest BCUT2D eigenvalue weighted by Crippen LogP contribution is -1.98. The molecule has 0 fully saturated rings. The first kappa shape index (κ1) is 9.21. The number of hydrogen-bond acceptors (Lipinski definition) is 3. The van der Waals surface area contributed by atoms with E-state index in [0.717, 1.165) is 17.5 Å². The molecule has 0 aliphatic rings. The molecule has 0 spiro atoms. The van der Waals surface area contributed by atoms with Gasteiger partial charge in [0.05, 0.1) is 0 Å². The molecule has 0 bridgehead atoms. The van der Waals surface area contributed by atoms with Gasteiger partial charge in [0.2, 0.25) is 0 Å². The van der Waals surface area contributed by atoms with E-state index in [-0.39, 0.29) is 0 Å². The highest BCUT2D eigenvalue weighted by Crippen LogP contribution is 2.17. The molecule has 72 valence electrons. The molecule has 14 heavy (non-hydrogen) atoms. The van der Waals surface area contributed by atoms with Crippen molar-refractivity contribution in [3.05, 3.63) is 45.8 Å². The van der Waals surface area contributed by atoms with E-state index < -0.39 is 0 Å². The van der Waals surface area contributed by atoms with E-state index >= 15 is 0 Å². The fraction of sp³-hybridized carbons (Fsp3) is 0.182. The fourth-order valence-electron chi connectivity index (χ4n) is 1.40. The van der Waals surface area contributed by atoms with Gasteiger partial charge < -0.3 is 5.73 Å². The first-order valence-corrected chi connectivity index (χ1v) is 5.42. The summed E-state index contributed by atoms with van der Waals surface area (Å²) in [7, 11) is 0. The van der Waals surface area contributed by atoms with Crippen molar-refractivity contribution in [1.82, 2.24) is 4.98 Å². The van der Waals surface area contributed by atoms with Crippen molar-refractivity contribution in [3.63, 3.8) is 0 Å². The molecule has 2 aromatic heterocycles. The number of anilines is 1. The van der Waals surface area contributed by atoms with Crippen molar-refractivity contribution < 1.29 is 0 Å². The molecule has 0 aromatic carbocycles. The Morgan fingerprint density at radius 1 is 1.50 bits per heavy atom. The van der Waals surface area contributed by atoms with E-state index in [1.807, 2.05) is 6.92 Å². The zero-order chi connectivity index (χ0) is 9.97. The number of rotatable bonds is 2. The summed E-state index contributed by atoms with van der Waals surface area (Å²) < 4.78 is 0. The molecule has 3 heteroatoms. The highest BCUT2D eigenvalue weighted by atomic mass is 32.1. The number of nitrogens with zero attached hydrogens (tertiary/aromatic N) is 1. The average molecular weight is 204 g/mol. The Balaban J connectivity index is 2.28. The Kier molecular flexibility index (Phi) is 2.50. The van der Waals surface area contributed by atoms with Crippen LogP contribution < -0.4 is 5.73 Å². The Bertz CT molecular complexity index is 421. The van der Waals surface area contributed by atoms with Gasteiger partial charge in [0.15, 0.2) is 0 Å². The summed E-state index contributed by atoms with van der Waals surface area (Å²) in [6.07, 6.45) is 2.68. The number of aryl methyl sites for hydroxylation is 1. The number of nitrogens with two attached hydrogens (primary N) is 1. The first-order chi connectivity index (χ1) is 6.75. The molecule has 0 atom stereocenters. The number of hydrogen-bond donors (Lipinski definition) is 1. The van der Waals surface area contributed by atoms with Crippen LogP contribution in [0, 0.1) is 6.92 Å². The zero-order valence-electron chi connectivity index (χ0n) is 8.03. The van der Waals surface area contributed by atoms with Crippen LogP contribution >= 0.6 is 11.3 Å². The van der Waals surface area contributed by atoms with Gasteiger partial charge in [-0.05, 0) is 40.4 Å². The minimum atomic E-state index is 0.641. The summed E-state index contributed by atoms with van der Waals surface area (Å²) in [6, 6.07) is 4.21. The molecule has 0 saturated carbocycles. The number of nitrogen functional groups attached to an aromatic ring is 1. The molecule has 2 heterocycles. The Morgan fingerprint density at radius 2 is 2.36 bits per heavy atom. The standard InChI is InChI=1S/C11H12N2S/c1-8-4-10(11(12)13-6-8)5-9-2-3-14-7-9/h2-4,6-7H,5H2,1H3,(H2,12,13). The molecule has 0 amide bonds. The Hall–Kier alpha value is -1.35. The minimum Gasteiger partial charge on any atom is -0.383 e. The van der Waals surface area contributed by atoms with Crippen molar-refractivity contribution in [2.45, 2.75) is 13.3 Å². The van der Waals surface area contributed by atoms with Crippen LogP contribution in [0.4, 0.5) is 5.82 Å². The molecular formula is C11H12N2S. The van der Waals surface area contributed by atoms with E-state index in [4.69, 9.17) is 5.73 Å². The van der Waals surface area contributed by atoms with Crippen LogP contribution in [0.25, 0.3) is 0 Å². The predicted octanol–water partition coefficient (Wildman–Crippen LogP) is 2.62. The van der Waals surface area contributed by atoms with Crippen LogP contribution in [0.5, 0.6) is 0 Å². The third kappa shape index (κ3) is 1.93. The van der Waals surface area contributed by atoms with E-state index in [1.54, 1.807) is 17.5 Å². The van der Waals surface area contributed by atoms with Crippen LogP contribution in [0.1, 0.15) is 16.7 Å². The predicted molar refractivity (Wildman–Crippen MR) is 60.5 cm³/mol. The summed E-state index contributed by atoms with van der Waals surface area (Å²) in [5.74, 6) is 0.641. The van der Waals surface area contributed by atoms with Crippen LogP contribution in [0.15, 0.2) is 29.1 Å². The minimum absolute atomic E-state index is 0.641. The molecule has 0 aliphatic heterocycles. The average Bonchev–Trinajstić information content (AvgIpc) is 2.64. The third-order valence-electron chi connectivity index (χ3n) is 2.11. The van der Waals surface area contributed by atoms with Gasteiger partial charge in [-0.25, -0.2) is 4.98 Å². The van der Waals surface area contributed by atoms with Gasteiger partial charge in [-0.15, -0.1) is 0 Å². The molecule has 0 saturated heterocycles. The maximum Gasteiger partial charge on any atom is 0.126 e. The van der Waals surface area contributed by atoms with Gasteiger partial charge in [-0.1, -0.05) is 6.07 Å². The van der Waals surface area contributed by atoms with Gasteiger partial charge in [-0.3, -0.25) is 0 Å². The maximum absolute atomic E-state index is 5.80. The second-order valence-corrected chi connectivity index (χ2v) is 4.15. The number of pyridine rings is 1. The lowest BCUT2D eigenvalue weighted by molar-refractivity contribution is 1.14. The monoisotopic (exact) mass is 204 g/mol. The first-order valence-electron chi connectivity index (χ1n) is 4.48. The highest BCUT2D eigenvalue weighted by Gasteiger charge is 2.02. The van der Waals surface area contributed by atoms with Crippen molar-refractivity contribution in [1.29, 1.82) is 0 Å². The summed E-state index contributed by atoms with van der Waals surface area (Å²) >= 11 is 1.71. The van der Waals surface area contributed by atoms with Gasteiger partial charge in [0, 0.05) is 12.6 Å². The van der Waals surface area contributed by atoms with Gasteiger partial charge in [0.25, 0.3) is 0 Å². The van der Waals surface area contributed by atoms with E-state index in [1.165, 1.54) is 5.56 Å². The second kappa shape index (κ2) is 3.80. The van der Waals surface area contributed by atoms with Crippen LogP contribution in [-0.2, 0) is 6.42 Å². The second-order valence-electron chi connectivity index (χ2n) is 3.37. The lowest BCUT2D eigenvalue weighted by Gasteiger charge is -2.04. The van der Waals surface area contributed by atoms with Gasteiger partial charge in [-0.2, -0.15) is 11.3 Å². The zero-order valence-corrected chi connectivity index (χ0v) is 8.84. The largest absolute Gasteiger partial charge is 0.383 e. The van der Waals surface area contributed by atoms with E-state index in [0.29, 0.717) is 5.82 Å². The quantitative estimate of drug-likeness (QED) is 0.816. The smallest absolute Gasteiger partial charge is 0.126 e. The Morgan fingerprint density at radius 3 is 3.07 bits per heavy atom. The van der Waals surface area contributed by atoms with Crippen molar-refractivity contribution >= 4 is 17.2 Å². The summed E-state index contributed by atoms with van der Waals surface area (Å²) in [5.41, 5.74) is 9.37. The van der Waals surface area contributed by atoms with E-state index in [9.17, 15) is 0 Å². The molecule has 2 N–H and O–H groups in total. The maximum atomic E-state index is 5.80. The third-order valence-corrected chi connectivity index (χ3v) is 2.84. The van der Waals surface area contributed by atoms with Gasteiger partial charge in [0.1, 0.15) is 5.82 Å². The molecule has 2 nitrogen and oxygen atoms in total. The summed E-state index contributed by atoms with van der Waals surface area (Å²) in [6.45, 7) is 2.03. The van der Waals surface area contributed by atoms with Crippen LogP contribution in [-0.4, -0.2) is 4.98 Å². The lowest BCUT2D eigenvalue weighted by atomic mass is 10.1. The van der Waals surface area contributed by atoms with Crippen LogP contribution in [0.3, 0.4) is 0 Å². The SMILES string of the molecule is Cc1cnc(N)c(Cc2ccsc2)c1. The molecule has 2 aromatic rings. The van der Waals surface area contributed by atoms with Crippen molar-refractivity contribution in [2.75, 3.05) is 5.73 Å². The molecule has 0 aliphatic carbocycles. The fourth-order valence-corrected chi connectivity index (χ4v) is 2.06. The van der Waals surface area contributed by atoms with Gasteiger partial charge >= 0.3 is 0 Å². The van der Waals surface area contributed by atoms with Crippen molar-refractivity contribution in [2.24, 2.45) is 0 Å². The Labute approximate surface area is 87.4 Å². The molecule has 0 unspecified atom stereocenters. The molecule has 2 rings (SSSR count). The number of thiophene rings is 1. The topological polar surface area (TPSA) is 38.9 Å². The normalized spacial score (nSPS) is 10.4. The van der Waals surface area contributed by atoms with Crippen LogP contribution in [0.2, 0.25) is 0 Å².